The number of alkyl halides is 1. The Kier molecular flexibility index (Phi) is 3.31. The van der Waals surface area contributed by atoms with Gasteiger partial charge in [0.1, 0.15) is 6.17 Å². The number of hydrogen-bond donors (Lipinski definition) is 1. The van der Waals surface area contributed by atoms with E-state index in [2.05, 4.69) is 0 Å². The second-order valence-corrected chi connectivity index (χ2v) is 3.69. The second-order valence-electron chi connectivity index (χ2n) is 3.69. The zero-order valence-corrected chi connectivity index (χ0v) is 7.22. The van der Waals surface area contributed by atoms with Crippen molar-refractivity contribution < 1.29 is 4.39 Å². The fourth-order valence-electron chi connectivity index (χ4n) is 1.88. The van der Waals surface area contributed by atoms with Crippen molar-refractivity contribution in [2.24, 2.45) is 17.6 Å². The van der Waals surface area contributed by atoms with Crippen molar-refractivity contribution in [3.8, 4) is 0 Å². The van der Waals surface area contributed by atoms with E-state index in [0.717, 1.165) is 32.2 Å². The minimum atomic E-state index is -0.617. The van der Waals surface area contributed by atoms with Crippen LogP contribution in [0.4, 0.5) is 4.39 Å². The van der Waals surface area contributed by atoms with Crippen LogP contribution in [0.5, 0.6) is 0 Å². The highest BCUT2D eigenvalue weighted by Crippen LogP contribution is 2.31. The third kappa shape index (κ3) is 2.44. The average Bonchev–Trinajstić information content (AvgIpc) is 2.05. The Morgan fingerprint density at radius 1 is 1.36 bits per heavy atom. The summed E-state index contributed by atoms with van der Waals surface area (Å²) in [6, 6.07) is 0. The molecular weight excluding hydrogens is 141 g/mol. The molecule has 0 amide bonds. The standard InChI is InChI=1S/C9H18FN/c1-7(10)9-4-2-8(6-11)3-5-9/h7-9H,2-6,11H2,1H3. The molecule has 1 atom stereocenters. The fraction of sp³-hybridized carbons (Fsp3) is 1.00. The largest absolute Gasteiger partial charge is 0.330 e. The molecule has 1 unspecified atom stereocenters. The Morgan fingerprint density at radius 3 is 2.27 bits per heavy atom. The lowest BCUT2D eigenvalue weighted by Crippen LogP contribution is -2.25. The molecule has 0 bridgehead atoms. The number of nitrogens with two attached hydrogens (primary N) is 1. The van der Waals surface area contributed by atoms with Gasteiger partial charge in [0.25, 0.3) is 0 Å². The zero-order chi connectivity index (χ0) is 8.27. The highest BCUT2D eigenvalue weighted by molar-refractivity contribution is 4.75. The van der Waals surface area contributed by atoms with Gasteiger partial charge < -0.3 is 5.73 Å². The molecule has 0 saturated heterocycles. The summed E-state index contributed by atoms with van der Waals surface area (Å²) in [6.45, 7) is 2.46. The maximum Gasteiger partial charge on any atom is 0.100 e. The van der Waals surface area contributed by atoms with E-state index in [0.29, 0.717) is 11.8 Å². The van der Waals surface area contributed by atoms with Crippen molar-refractivity contribution in [2.75, 3.05) is 6.54 Å². The molecule has 1 saturated carbocycles. The first-order chi connectivity index (χ1) is 5.24. The van der Waals surface area contributed by atoms with Crippen LogP contribution in [0.1, 0.15) is 32.6 Å². The maximum absolute atomic E-state index is 12.8. The predicted molar refractivity (Wildman–Crippen MR) is 45.1 cm³/mol. The van der Waals surface area contributed by atoms with E-state index in [1.165, 1.54) is 0 Å². The van der Waals surface area contributed by atoms with Crippen LogP contribution in [-0.4, -0.2) is 12.7 Å². The summed E-state index contributed by atoms with van der Waals surface area (Å²) >= 11 is 0. The highest BCUT2D eigenvalue weighted by Gasteiger charge is 2.23. The van der Waals surface area contributed by atoms with E-state index in [1.54, 1.807) is 6.92 Å². The van der Waals surface area contributed by atoms with E-state index in [-0.39, 0.29) is 0 Å². The normalized spacial score (nSPS) is 35.2. The summed E-state index contributed by atoms with van der Waals surface area (Å²) < 4.78 is 12.8. The van der Waals surface area contributed by atoms with Crippen molar-refractivity contribution in [1.29, 1.82) is 0 Å². The van der Waals surface area contributed by atoms with Gasteiger partial charge in [0.2, 0.25) is 0 Å². The number of rotatable bonds is 2. The molecule has 2 N–H and O–H groups in total. The molecule has 0 aliphatic heterocycles. The molecule has 0 spiro atoms. The third-order valence-electron chi connectivity index (χ3n) is 2.87. The van der Waals surface area contributed by atoms with Crippen LogP contribution < -0.4 is 5.73 Å². The van der Waals surface area contributed by atoms with E-state index >= 15 is 0 Å². The molecule has 66 valence electrons. The van der Waals surface area contributed by atoms with Gasteiger partial charge in [-0.2, -0.15) is 0 Å². The van der Waals surface area contributed by atoms with Gasteiger partial charge in [-0.1, -0.05) is 0 Å². The molecule has 2 heteroatoms. The lowest BCUT2D eigenvalue weighted by Gasteiger charge is -2.28. The van der Waals surface area contributed by atoms with E-state index in [9.17, 15) is 4.39 Å². The van der Waals surface area contributed by atoms with Crippen molar-refractivity contribution in [3.05, 3.63) is 0 Å². The SMILES string of the molecule is CC(F)C1CCC(CN)CC1. The molecular formula is C9H18FN. The fourth-order valence-corrected chi connectivity index (χ4v) is 1.88. The molecule has 0 radical (unpaired) electrons. The Labute approximate surface area is 68.2 Å². The number of hydrogen-bond acceptors (Lipinski definition) is 1. The van der Waals surface area contributed by atoms with Crippen LogP contribution >= 0.6 is 0 Å². The average molecular weight is 159 g/mol. The summed E-state index contributed by atoms with van der Waals surface area (Å²) in [6.07, 6.45) is 3.73. The smallest absolute Gasteiger partial charge is 0.100 e. The minimum absolute atomic E-state index is 0.317. The Balaban J connectivity index is 2.24. The first-order valence-electron chi connectivity index (χ1n) is 4.58. The van der Waals surface area contributed by atoms with Gasteiger partial charge in [0, 0.05) is 0 Å². The van der Waals surface area contributed by atoms with E-state index in [4.69, 9.17) is 5.73 Å². The minimum Gasteiger partial charge on any atom is -0.330 e. The Hall–Kier alpha value is -0.110. The van der Waals surface area contributed by atoms with Crippen molar-refractivity contribution in [2.45, 2.75) is 38.8 Å². The van der Waals surface area contributed by atoms with Gasteiger partial charge in [-0.05, 0) is 51.0 Å². The molecule has 1 aliphatic carbocycles. The summed E-state index contributed by atoms with van der Waals surface area (Å²) in [7, 11) is 0. The van der Waals surface area contributed by atoms with Crippen LogP contribution in [0.15, 0.2) is 0 Å². The summed E-state index contributed by atoms with van der Waals surface area (Å²) in [4.78, 5) is 0. The van der Waals surface area contributed by atoms with Gasteiger partial charge in [-0.25, -0.2) is 4.39 Å². The summed E-state index contributed by atoms with van der Waals surface area (Å²) in [5.41, 5.74) is 5.53. The van der Waals surface area contributed by atoms with Gasteiger partial charge in [0.15, 0.2) is 0 Å². The molecule has 0 aromatic rings. The van der Waals surface area contributed by atoms with Crippen LogP contribution in [0.3, 0.4) is 0 Å². The van der Waals surface area contributed by atoms with Gasteiger partial charge in [0.05, 0.1) is 0 Å². The quantitative estimate of drug-likeness (QED) is 0.656. The first kappa shape index (κ1) is 8.98. The van der Waals surface area contributed by atoms with Crippen molar-refractivity contribution >= 4 is 0 Å². The molecule has 1 rings (SSSR count). The summed E-state index contributed by atoms with van der Waals surface area (Å²) in [5.74, 6) is 0.989. The number of halogens is 1. The van der Waals surface area contributed by atoms with Gasteiger partial charge >= 0.3 is 0 Å². The van der Waals surface area contributed by atoms with Crippen LogP contribution in [0, 0.1) is 11.8 Å². The zero-order valence-electron chi connectivity index (χ0n) is 7.22. The molecule has 11 heavy (non-hydrogen) atoms. The van der Waals surface area contributed by atoms with Crippen LogP contribution in [-0.2, 0) is 0 Å². The third-order valence-corrected chi connectivity index (χ3v) is 2.87. The molecule has 1 fully saturated rings. The van der Waals surface area contributed by atoms with Gasteiger partial charge in [-0.3, -0.25) is 0 Å². The lowest BCUT2D eigenvalue weighted by molar-refractivity contribution is 0.171. The second kappa shape index (κ2) is 4.05. The Bertz CT molecular complexity index is 106. The summed E-state index contributed by atoms with van der Waals surface area (Å²) in [5, 5.41) is 0. The highest BCUT2D eigenvalue weighted by atomic mass is 19.1. The van der Waals surface area contributed by atoms with Gasteiger partial charge in [-0.15, -0.1) is 0 Å². The molecule has 0 aromatic heterocycles. The predicted octanol–water partition coefficient (Wildman–Crippen LogP) is 2.11. The first-order valence-corrected chi connectivity index (χ1v) is 4.58. The molecule has 1 nitrogen and oxygen atoms in total. The molecule has 1 aliphatic rings. The van der Waals surface area contributed by atoms with E-state index in [1.807, 2.05) is 0 Å². The van der Waals surface area contributed by atoms with Crippen molar-refractivity contribution in [1.82, 2.24) is 0 Å². The maximum atomic E-state index is 12.8. The van der Waals surface area contributed by atoms with Crippen LogP contribution in [0.25, 0.3) is 0 Å². The topological polar surface area (TPSA) is 26.0 Å². The van der Waals surface area contributed by atoms with Crippen LogP contribution in [0.2, 0.25) is 0 Å². The lowest BCUT2D eigenvalue weighted by atomic mass is 9.80. The molecule has 0 heterocycles. The molecule has 0 aromatic carbocycles. The Morgan fingerprint density at radius 2 is 1.91 bits per heavy atom. The monoisotopic (exact) mass is 159 g/mol. The van der Waals surface area contributed by atoms with E-state index < -0.39 is 6.17 Å². The van der Waals surface area contributed by atoms with Crippen molar-refractivity contribution in [3.63, 3.8) is 0 Å².